The molecule has 16 heavy (non-hydrogen) atoms. The van der Waals surface area contributed by atoms with E-state index in [0.717, 1.165) is 13.1 Å². The van der Waals surface area contributed by atoms with E-state index in [4.69, 9.17) is 0 Å². The van der Waals surface area contributed by atoms with Crippen molar-refractivity contribution in [3.8, 4) is 0 Å². The zero-order valence-corrected chi connectivity index (χ0v) is 11.5. The number of likely N-dealkylation sites (tertiary alicyclic amines) is 1. The predicted octanol–water partition coefficient (Wildman–Crippen LogP) is 1.42. The van der Waals surface area contributed by atoms with Crippen LogP contribution in [-0.4, -0.2) is 60.8 Å². The van der Waals surface area contributed by atoms with Crippen molar-refractivity contribution >= 4 is 0 Å². The minimum atomic E-state index is -0.253. The predicted molar refractivity (Wildman–Crippen MR) is 68.6 cm³/mol. The third kappa shape index (κ3) is 3.72. The van der Waals surface area contributed by atoms with Crippen LogP contribution < -0.4 is 0 Å². The molecule has 1 N–H and O–H groups in total. The van der Waals surface area contributed by atoms with E-state index in [0.29, 0.717) is 6.04 Å². The first kappa shape index (κ1) is 13.9. The van der Waals surface area contributed by atoms with Crippen LogP contribution in [0.3, 0.4) is 0 Å². The van der Waals surface area contributed by atoms with Gasteiger partial charge in [0.2, 0.25) is 0 Å². The van der Waals surface area contributed by atoms with Crippen LogP contribution in [0.25, 0.3) is 0 Å². The van der Waals surface area contributed by atoms with E-state index in [1.807, 2.05) is 6.92 Å². The van der Waals surface area contributed by atoms with Crippen molar-refractivity contribution in [1.82, 2.24) is 9.80 Å². The van der Waals surface area contributed by atoms with E-state index in [-0.39, 0.29) is 11.5 Å². The third-order valence-corrected chi connectivity index (χ3v) is 4.01. The lowest BCUT2D eigenvalue weighted by Crippen LogP contribution is -2.49. The van der Waals surface area contributed by atoms with E-state index in [1.165, 1.54) is 19.4 Å². The summed E-state index contributed by atoms with van der Waals surface area (Å²) in [6, 6.07) is 0.650. The smallest absolute Gasteiger partial charge is 0.0575 e. The maximum atomic E-state index is 9.74. The average Bonchev–Trinajstić information content (AvgIpc) is 2.16. The summed E-state index contributed by atoms with van der Waals surface area (Å²) in [4.78, 5) is 4.82. The van der Waals surface area contributed by atoms with Crippen LogP contribution in [0.15, 0.2) is 0 Å². The van der Waals surface area contributed by atoms with Gasteiger partial charge in [-0.3, -0.25) is 0 Å². The fourth-order valence-corrected chi connectivity index (χ4v) is 2.40. The Labute approximate surface area is 100 Å². The standard InChI is InChI=1S/C13H28N2O/c1-11(16)13(2,3)10-15(5)12-7-6-8-14(4)9-12/h11-12,16H,6-10H2,1-5H3. The van der Waals surface area contributed by atoms with Crippen molar-refractivity contribution < 1.29 is 5.11 Å². The number of hydrogen-bond donors (Lipinski definition) is 1. The Balaban J connectivity index is 2.48. The number of hydrogen-bond acceptors (Lipinski definition) is 3. The van der Waals surface area contributed by atoms with Gasteiger partial charge in [-0.1, -0.05) is 13.8 Å². The number of piperidine rings is 1. The summed E-state index contributed by atoms with van der Waals surface area (Å²) in [5.74, 6) is 0. The molecule has 3 nitrogen and oxygen atoms in total. The maximum Gasteiger partial charge on any atom is 0.0575 e. The number of likely N-dealkylation sites (N-methyl/N-ethyl adjacent to an activating group) is 2. The van der Waals surface area contributed by atoms with Crippen molar-refractivity contribution in [2.75, 3.05) is 33.7 Å². The minimum absolute atomic E-state index is 0.0230. The molecule has 0 aromatic rings. The van der Waals surface area contributed by atoms with E-state index in [2.05, 4.69) is 37.7 Å². The second kappa shape index (κ2) is 5.48. The zero-order chi connectivity index (χ0) is 12.3. The van der Waals surface area contributed by atoms with Gasteiger partial charge in [0, 0.05) is 24.5 Å². The first-order valence-corrected chi connectivity index (χ1v) is 6.40. The fourth-order valence-electron chi connectivity index (χ4n) is 2.40. The lowest BCUT2D eigenvalue weighted by Gasteiger charge is -2.40. The summed E-state index contributed by atoms with van der Waals surface area (Å²) in [6.07, 6.45) is 2.33. The molecular weight excluding hydrogens is 200 g/mol. The molecule has 1 saturated heterocycles. The largest absolute Gasteiger partial charge is 0.393 e. The molecule has 1 rings (SSSR count). The maximum absolute atomic E-state index is 9.74. The summed E-state index contributed by atoms with van der Waals surface area (Å²) in [5, 5.41) is 9.74. The molecule has 1 aliphatic rings. The minimum Gasteiger partial charge on any atom is -0.393 e. The monoisotopic (exact) mass is 228 g/mol. The molecular formula is C13H28N2O. The molecule has 0 radical (unpaired) electrons. The molecule has 0 aliphatic carbocycles. The summed E-state index contributed by atoms with van der Waals surface area (Å²) >= 11 is 0. The highest BCUT2D eigenvalue weighted by Crippen LogP contribution is 2.24. The quantitative estimate of drug-likeness (QED) is 0.788. The van der Waals surface area contributed by atoms with Gasteiger partial charge >= 0.3 is 0 Å². The van der Waals surface area contributed by atoms with Gasteiger partial charge in [0.15, 0.2) is 0 Å². The first-order valence-electron chi connectivity index (χ1n) is 6.40. The second-order valence-electron chi connectivity index (χ2n) is 6.14. The Bertz CT molecular complexity index is 216. The van der Waals surface area contributed by atoms with Gasteiger partial charge in [0.25, 0.3) is 0 Å². The van der Waals surface area contributed by atoms with Gasteiger partial charge in [-0.05, 0) is 40.4 Å². The highest BCUT2D eigenvalue weighted by atomic mass is 16.3. The van der Waals surface area contributed by atoms with Gasteiger partial charge < -0.3 is 14.9 Å². The summed E-state index contributed by atoms with van der Waals surface area (Å²) in [5.41, 5.74) is -0.0230. The molecule has 1 heterocycles. The van der Waals surface area contributed by atoms with E-state index in [9.17, 15) is 5.11 Å². The summed E-state index contributed by atoms with van der Waals surface area (Å²) in [6.45, 7) is 9.52. The molecule has 96 valence electrons. The summed E-state index contributed by atoms with van der Waals surface area (Å²) < 4.78 is 0. The van der Waals surface area contributed by atoms with E-state index in [1.54, 1.807) is 0 Å². The van der Waals surface area contributed by atoms with Crippen molar-refractivity contribution in [3.63, 3.8) is 0 Å². The molecule has 0 amide bonds. The van der Waals surface area contributed by atoms with Crippen LogP contribution in [0.5, 0.6) is 0 Å². The molecule has 1 fully saturated rings. The molecule has 0 saturated carbocycles. The molecule has 0 aromatic carbocycles. The average molecular weight is 228 g/mol. The highest BCUT2D eigenvalue weighted by Gasteiger charge is 2.29. The molecule has 2 unspecified atom stereocenters. The molecule has 0 spiro atoms. The van der Waals surface area contributed by atoms with E-state index >= 15 is 0 Å². The molecule has 0 bridgehead atoms. The summed E-state index contributed by atoms with van der Waals surface area (Å²) in [7, 11) is 4.38. The van der Waals surface area contributed by atoms with Crippen molar-refractivity contribution in [2.24, 2.45) is 5.41 Å². The Hall–Kier alpha value is -0.120. The lowest BCUT2D eigenvalue weighted by atomic mass is 9.86. The zero-order valence-electron chi connectivity index (χ0n) is 11.5. The van der Waals surface area contributed by atoms with Crippen molar-refractivity contribution in [1.29, 1.82) is 0 Å². The van der Waals surface area contributed by atoms with Gasteiger partial charge in [0.1, 0.15) is 0 Å². The normalized spacial score (nSPS) is 26.1. The Morgan fingerprint density at radius 2 is 2.12 bits per heavy atom. The van der Waals surface area contributed by atoms with Gasteiger partial charge in [-0.2, -0.15) is 0 Å². The van der Waals surface area contributed by atoms with Crippen LogP contribution in [-0.2, 0) is 0 Å². The topological polar surface area (TPSA) is 26.7 Å². The van der Waals surface area contributed by atoms with Gasteiger partial charge in [-0.15, -0.1) is 0 Å². The van der Waals surface area contributed by atoms with Crippen molar-refractivity contribution in [2.45, 2.75) is 45.8 Å². The third-order valence-electron chi connectivity index (χ3n) is 4.01. The lowest BCUT2D eigenvalue weighted by molar-refractivity contribution is 0.0199. The van der Waals surface area contributed by atoms with Crippen LogP contribution >= 0.6 is 0 Å². The number of nitrogens with zero attached hydrogens (tertiary/aromatic N) is 2. The second-order valence-corrected chi connectivity index (χ2v) is 6.14. The Morgan fingerprint density at radius 3 is 2.62 bits per heavy atom. The highest BCUT2D eigenvalue weighted by molar-refractivity contribution is 4.83. The van der Waals surface area contributed by atoms with Crippen LogP contribution in [0.4, 0.5) is 0 Å². The molecule has 3 heteroatoms. The number of rotatable bonds is 4. The van der Waals surface area contributed by atoms with Crippen LogP contribution in [0, 0.1) is 5.41 Å². The SMILES string of the molecule is CC(O)C(C)(C)CN(C)C1CCCN(C)C1. The van der Waals surface area contributed by atoms with Crippen molar-refractivity contribution in [3.05, 3.63) is 0 Å². The number of aliphatic hydroxyl groups is 1. The van der Waals surface area contributed by atoms with Crippen LogP contribution in [0.1, 0.15) is 33.6 Å². The fraction of sp³-hybridized carbons (Fsp3) is 1.00. The first-order chi connectivity index (χ1) is 7.33. The van der Waals surface area contributed by atoms with Gasteiger partial charge in [0.05, 0.1) is 6.10 Å². The Kier molecular flexibility index (Phi) is 4.77. The molecule has 2 atom stereocenters. The van der Waals surface area contributed by atoms with Gasteiger partial charge in [-0.25, -0.2) is 0 Å². The van der Waals surface area contributed by atoms with E-state index < -0.39 is 0 Å². The Morgan fingerprint density at radius 1 is 1.50 bits per heavy atom. The molecule has 0 aromatic heterocycles. The molecule has 1 aliphatic heterocycles. The van der Waals surface area contributed by atoms with Crippen LogP contribution in [0.2, 0.25) is 0 Å². The number of aliphatic hydroxyl groups excluding tert-OH is 1.